The lowest BCUT2D eigenvalue weighted by Crippen LogP contribution is -1.89. The van der Waals surface area contributed by atoms with E-state index in [0.717, 1.165) is 26.7 Å². The second kappa shape index (κ2) is 5.47. The summed E-state index contributed by atoms with van der Waals surface area (Å²) in [6, 6.07) is 18.0. The molecule has 4 aromatic rings. The maximum atomic E-state index is 4.60. The van der Waals surface area contributed by atoms with Crippen LogP contribution in [0.5, 0.6) is 0 Å². The normalized spacial score (nSPS) is 10.4. The first-order valence-corrected chi connectivity index (χ1v) is 7.68. The number of thiophene rings is 1. The standard InChI is InChI=1S/C18H11N3S/c1-2-4-14(5-3-1)6-7-15-8-9-17(22-15)16-11-13-21-18(20-16)10-12-19-21/h1-5,8-13H. The molecule has 0 amide bonds. The number of nitrogens with zero attached hydrogens (tertiary/aromatic N) is 3. The molecule has 104 valence electrons. The van der Waals surface area contributed by atoms with Crippen molar-refractivity contribution in [1.82, 2.24) is 14.6 Å². The second-order valence-corrected chi connectivity index (χ2v) is 5.81. The SMILES string of the molecule is C(#Cc1ccc(-c2ccn3nccc3n2)s1)c1ccccc1. The van der Waals surface area contributed by atoms with E-state index in [4.69, 9.17) is 0 Å². The highest BCUT2D eigenvalue weighted by Gasteiger charge is 2.04. The predicted octanol–water partition coefficient (Wildman–Crippen LogP) is 3.86. The molecule has 22 heavy (non-hydrogen) atoms. The number of fused-ring (bicyclic) bond motifs is 1. The molecule has 0 spiro atoms. The zero-order valence-corrected chi connectivity index (χ0v) is 12.4. The van der Waals surface area contributed by atoms with E-state index in [0.29, 0.717) is 0 Å². The molecular weight excluding hydrogens is 290 g/mol. The fourth-order valence-electron chi connectivity index (χ4n) is 2.15. The highest BCUT2D eigenvalue weighted by Crippen LogP contribution is 2.26. The number of hydrogen-bond acceptors (Lipinski definition) is 3. The van der Waals surface area contributed by atoms with Gasteiger partial charge < -0.3 is 0 Å². The van der Waals surface area contributed by atoms with Gasteiger partial charge in [0.2, 0.25) is 0 Å². The minimum absolute atomic E-state index is 0.850. The van der Waals surface area contributed by atoms with Crippen LogP contribution in [0.3, 0.4) is 0 Å². The van der Waals surface area contributed by atoms with Crippen molar-refractivity contribution in [1.29, 1.82) is 0 Å². The molecule has 0 aliphatic heterocycles. The van der Waals surface area contributed by atoms with Crippen LogP contribution in [-0.2, 0) is 0 Å². The Morgan fingerprint density at radius 2 is 1.82 bits per heavy atom. The summed E-state index contributed by atoms with van der Waals surface area (Å²) in [5.74, 6) is 6.38. The van der Waals surface area contributed by atoms with Gasteiger partial charge in [0.1, 0.15) is 0 Å². The van der Waals surface area contributed by atoms with Crippen molar-refractivity contribution in [2.24, 2.45) is 0 Å². The summed E-state index contributed by atoms with van der Waals surface area (Å²) in [5, 5.41) is 4.16. The molecule has 0 aliphatic rings. The Kier molecular flexibility index (Phi) is 3.19. The highest BCUT2D eigenvalue weighted by molar-refractivity contribution is 7.16. The third kappa shape index (κ3) is 2.50. The lowest BCUT2D eigenvalue weighted by atomic mass is 10.2. The van der Waals surface area contributed by atoms with E-state index in [1.807, 2.05) is 54.7 Å². The first-order chi connectivity index (χ1) is 10.9. The van der Waals surface area contributed by atoms with Gasteiger partial charge in [-0.05, 0) is 30.3 Å². The topological polar surface area (TPSA) is 30.2 Å². The van der Waals surface area contributed by atoms with Crippen LogP contribution in [-0.4, -0.2) is 14.6 Å². The van der Waals surface area contributed by atoms with E-state index < -0.39 is 0 Å². The van der Waals surface area contributed by atoms with Gasteiger partial charge in [0.25, 0.3) is 0 Å². The second-order valence-electron chi connectivity index (χ2n) is 4.73. The minimum atomic E-state index is 0.850. The Balaban J connectivity index is 1.65. The van der Waals surface area contributed by atoms with Crippen molar-refractivity contribution in [2.75, 3.05) is 0 Å². The average Bonchev–Trinajstić information content (AvgIpc) is 3.22. The summed E-state index contributed by atoms with van der Waals surface area (Å²) in [6.07, 6.45) is 3.67. The third-order valence-electron chi connectivity index (χ3n) is 3.22. The molecule has 0 bridgehead atoms. The summed E-state index contributed by atoms with van der Waals surface area (Å²) in [6.45, 7) is 0. The van der Waals surface area contributed by atoms with E-state index in [9.17, 15) is 0 Å². The smallest absolute Gasteiger partial charge is 0.155 e. The number of hydrogen-bond donors (Lipinski definition) is 0. The molecule has 0 unspecified atom stereocenters. The maximum Gasteiger partial charge on any atom is 0.155 e. The predicted molar refractivity (Wildman–Crippen MR) is 88.7 cm³/mol. The van der Waals surface area contributed by atoms with Crippen molar-refractivity contribution in [3.8, 4) is 22.4 Å². The van der Waals surface area contributed by atoms with Gasteiger partial charge in [-0.1, -0.05) is 30.0 Å². The summed E-state index contributed by atoms with van der Waals surface area (Å²) in [5.41, 5.74) is 2.82. The quantitative estimate of drug-likeness (QED) is 0.500. The van der Waals surface area contributed by atoms with Crippen molar-refractivity contribution in [3.63, 3.8) is 0 Å². The zero-order valence-electron chi connectivity index (χ0n) is 11.6. The zero-order chi connectivity index (χ0) is 14.8. The van der Waals surface area contributed by atoms with E-state index in [2.05, 4.69) is 28.0 Å². The van der Waals surface area contributed by atoms with Crippen molar-refractivity contribution in [2.45, 2.75) is 0 Å². The van der Waals surface area contributed by atoms with E-state index in [1.165, 1.54) is 0 Å². The van der Waals surface area contributed by atoms with Crippen molar-refractivity contribution < 1.29 is 0 Å². The van der Waals surface area contributed by atoms with Gasteiger partial charge in [-0.15, -0.1) is 11.3 Å². The monoisotopic (exact) mass is 301 g/mol. The van der Waals surface area contributed by atoms with Crippen LogP contribution in [0, 0.1) is 11.8 Å². The van der Waals surface area contributed by atoms with Crippen LogP contribution in [0.4, 0.5) is 0 Å². The van der Waals surface area contributed by atoms with Crippen LogP contribution < -0.4 is 0 Å². The summed E-state index contributed by atoms with van der Waals surface area (Å²) in [4.78, 5) is 6.75. The van der Waals surface area contributed by atoms with E-state index >= 15 is 0 Å². The van der Waals surface area contributed by atoms with Gasteiger partial charge in [-0.3, -0.25) is 0 Å². The lowest BCUT2D eigenvalue weighted by molar-refractivity contribution is 0.941. The largest absolute Gasteiger partial charge is 0.228 e. The molecule has 3 aromatic heterocycles. The Bertz CT molecular complexity index is 987. The Labute approximate surface area is 131 Å². The van der Waals surface area contributed by atoms with Crippen LogP contribution in [0.1, 0.15) is 10.4 Å². The van der Waals surface area contributed by atoms with Crippen LogP contribution in [0.25, 0.3) is 16.2 Å². The Hall–Kier alpha value is -2.90. The fraction of sp³-hybridized carbons (Fsp3) is 0. The first-order valence-electron chi connectivity index (χ1n) is 6.86. The molecule has 0 aliphatic carbocycles. The third-order valence-corrected chi connectivity index (χ3v) is 4.24. The molecule has 0 radical (unpaired) electrons. The van der Waals surface area contributed by atoms with Crippen molar-refractivity contribution in [3.05, 3.63) is 77.4 Å². The molecule has 3 nitrogen and oxygen atoms in total. The molecule has 3 heterocycles. The molecule has 0 saturated carbocycles. The van der Waals surface area contributed by atoms with Crippen LogP contribution in [0.15, 0.2) is 67.0 Å². The summed E-state index contributed by atoms with van der Waals surface area (Å²) < 4.78 is 1.76. The van der Waals surface area contributed by atoms with Crippen LogP contribution >= 0.6 is 11.3 Å². The molecule has 0 saturated heterocycles. The molecule has 0 fully saturated rings. The van der Waals surface area contributed by atoms with Gasteiger partial charge in [0.05, 0.1) is 21.6 Å². The van der Waals surface area contributed by atoms with Gasteiger partial charge in [0, 0.05) is 17.8 Å². The van der Waals surface area contributed by atoms with Crippen molar-refractivity contribution >= 4 is 17.0 Å². The highest BCUT2D eigenvalue weighted by atomic mass is 32.1. The van der Waals surface area contributed by atoms with Gasteiger partial charge >= 0.3 is 0 Å². The fourth-order valence-corrected chi connectivity index (χ4v) is 2.98. The lowest BCUT2D eigenvalue weighted by Gasteiger charge is -1.97. The van der Waals surface area contributed by atoms with Crippen LogP contribution in [0.2, 0.25) is 0 Å². The number of aromatic nitrogens is 3. The van der Waals surface area contributed by atoms with E-state index in [1.54, 1.807) is 22.0 Å². The minimum Gasteiger partial charge on any atom is -0.228 e. The van der Waals surface area contributed by atoms with E-state index in [-0.39, 0.29) is 0 Å². The Morgan fingerprint density at radius 1 is 0.909 bits per heavy atom. The molecule has 0 atom stereocenters. The summed E-state index contributed by atoms with van der Waals surface area (Å²) in [7, 11) is 0. The van der Waals surface area contributed by atoms with Gasteiger partial charge in [-0.25, -0.2) is 9.50 Å². The molecular formula is C18H11N3S. The number of rotatable bonds is 1. The molecule has 1 aromatic carbocycles. The average molecular weight is 301 g/mol. The molecule has 4 rings (SSSR count). The molecule has 0 N–H and O–H groups in total. The maximum absolute atomic E-state index is 4.60. The Morgan fingerprint density at radius 3 is 2.73 bits per heavy atom. The van der Waals surface area contributed by atoms with Gasteiger partial charge in [0.15, 0.2) is 5.65 Å². The summed E-state index contributed by atoms with van der Waals surface area (Å²) >= 11 is 1.65. The first kappa shape index (κ1) is 12.8. The number of benzene rings is 1. The van der Waals surface area contributed by atoms with Gasteiger partial charge in [-0.2, -0.15) is 5.10 Å². The molecule has 4 heteroatoms.